The van der Waals surface area contributed by atoms with Crippen molar-refractivity contribution in [2.24, 2.45) is 0 Å². The molecular weight excluding hydrogens is 178 g/mol. The van der Waals surface area contributed by atoms with Gasteiger partial charge in [-0.2, -0.15) is 5.10 Å². The Labute approximate surface area is 83.6 Å². The van der Waals surface area contributed by atoms with E-state index < -0.39 is 0 Å². The highest BCUT2D eigenvalue weighted by Gasteiger charge is 2.14. The highest BCUT2D eigenvalue weighted by Crippen LogP contribution is 2.14. The quantitative estimate of drug-likeness (QED) is 0.675. The van der Waals surface area contributed by atoms with E-state index in [1.807, 2.05) is 13.8 Å². The zero-order chi connectivity index (χ0) is 9.97. The Hall–Kier alpha value is -1.23. The fourth-order valence-corrected chi connectivity index (χ4v) is 1.62. The van der Waals surface area contributed by atoms with Crippen LogP contribution in [-0.2, 0) is 0 Å². The van der Waals surface area contributed by atoms with Crippen LogP contribution < -0.4 is 10.2 Å². The average Bonchev–Trinajstić information content (AvgIpc) is 2.23. The molecule has 0 bridgehead atoms. The zero-order valence-electron chi connectivity index (χ0n) is 8.62. The summed E-state index contributed by atoms with van der Waals surface area (Å²) in [6, 6.07) is 0. The van der Waals surface area contributed by atoms with Crippen LogP contribution in [0.2, 0.25) is 0 Å². The van der Waals surface area contributed by atoms with E-state index in [2.05, 4.69) is 25.4 Å². The van der Waals surface area contributed by atoms with Crippen LogP contribution in [0.15, 0.2) is 0 Å². The largest absolute Gasteiger partial charge is 0.352 e. The summed E-state index contributed by atoms with van der Waals surface area (Å²) in [7, 11) is 0. The third kappa shape index (κ3) is 1.82. The number of nitrogens with zero attached hydrogens (tertiary/aromatic N) is 4. The average molecular weight is 193 g/mol. The third-order valence-corrected chi connectivity index (χ3v) is 2.35. The fourth-order valence-electron chi connectivity index (χ4n) is 1.62. The maximum absolute atomic E-state index is 4.42. The molecule has 5 heteroatoms. The molecule has 1 N–H and O–H groups in total. The molecular formula is C9H15N5. The molecule has 2 rings (SSSR count). The molecule has 0 unspecified atom stereocenters. The highest BCUT2D eigenvalue weighted by atomic mass is 15.3. The molecule has 0 aliphatic carbocycles. The van der Waals surface area contributed by atoms with Gasteiger partial charge >= 0.3 is 0 Å². The van der Waals surface area contributed by atoms with Gasteiger partial charge in [0.15, 0.2) is 5.82 Å². The van der Waals surface area contributed by atoms with Crippen LogP contribution in [0.25, 0.3) is 0 Å². The Balaban J connectivity index is 2.24. The van der Waals surface area contributed by atoms with Crippen LogP contribution in [0.3, 0.4) is 0 Å². The van der Waals surface area contributed by atoms with Crippen LogP contribution in [0.5, 0.6) is 0 Å². The Morgan fingerprint density at radius 1 is 1.14 bits per heavy atom. The Bertz CT molecular complexity index is 319. The monoisotopic (exact) mass is 193 g/mol. The lowest BCUT2D eigenvalue weighted by atomic mass is 10.3. The summed E-state index contributed by atoms with van der Waals surface area (Å²) in [6.07, 6.45) is 0. The lowest BCUT2D eigenvalue weighted by Gasteiger charge is -2.28. The standard InChI is InChI=1S/C9H15N5/c1-7-9(11-8(2)13-12-7)14-5-3-10-4-6-14/h10H,3-6H2,1-2H3. The van der Waals surface area contributed by atoms with Gasteiger partial charge in [-0.25, -0.2) is 4.98 Å². The number of aromatic nitrogens is 3. The SMILES string of the molecule is Cc1nnc(C)c(N2CCNCC2)n1. The Morgan fingerprint density at radius 3 is 2.57 bits per heavy atom. The fraction of sp³-hybridized carbons (Fsp3) is 0.667. The summed E-state index contributed by atoms with van der Waals surface area (Å²) in [5.41, 5.74) is 0.914. The molecule has 2 heterocycles. The van der Waals surface area contributed by atoms with Gasteiger partial charge in [0.2, 0.25) is 0 Å². The molecule has 0 atom stereocenters. The first-order chi connectivity index (χ1) is 6.77. The van der Waals surface area contributed by atoms with Crippen LogP contribution >= 0.6 is 0 Å². The minimum Gasteiger partial charge on any atom is -0.352 e. The minimum atomic E-state index is 0.740. The van der Waals surface area contributed by atoms with E-state index in [0.717, 1.165) is 43.5 Å². The van der Waals surface area contributed by atoms with Crippen LogP contribution in [0.1, 0.15) is 11.5 Å². The van der Waals surface area contributed by atoms with E-state index in [1.165, 1.54) is 0 Å². The third-order valence-electron chi connectivity index (χ3n) is 2.35. The summed E-state index contributed by atoms with van der Waals surface area (Å²) in [5, 5.41) is 11.3. The maximum Gasteiger partial charge on any atom is 0.154 e. The Kier molecular flexibility index (Phi) is 2.58. The summed E-state index contributed by atoms with van der Waals surface area (Å²) in [6.45, 7) is 7.86. The first kappa shape index (κ1) is 9.33. The van der Waals surface area contributed by atoms with E-state index in [0.29, 0.717) is 0 Å². The van der Waals surface area contributed by atoms with Gasteiger partial charge in [0.05, 0.1) is 0 Å². The van der Waals surface area contributed by atoms with Gasteiger partial charge in [-0.3, -0.25) is 0 Å². The molecule has 1 aliphatic rings. The van der Waals surface area contributed by atoms with Crippen molar-refractivity contribution in [2.45, 2.75) is 13.8 Å². The molecule has 1 saturated heterocycles. The van der Waals surface area contributed by atoms with Gasteiger partial charge in [0, 0.05) is 26.2 Å². The molecule has 1 aliphatic heterocycles. The van der Waals surface area contributed by atoms with Gasteiger partial charge in [-0.05, 0) is 13.8 Å². The molecule has 0 amide bonds. The van der Waals surface area contributed by atoms with Gasteiger partial charge in [-0.1, -0.05) is 0 Å². The second kappa shape index (κ2) is 3.88. The van der Waals surface area contributed by atoms with E-state index in [-0.39, 0.29) is 0 Å². The van der Waals surface area contributed by atoms with Crippen molar-refractivity contribution < 1.29 is 0 Å². The number of nitrogens with one attached hydrogen (secondary N) is 1. The second-order valence-electron chi connectivity index (χ2n) is 3.51. The van der Waals surface area contributed by atoms with E-state index in [4.69, 9.17) is 0 Å². The maximum atomic E-state index is 4.42. The summed E-state index contributed by atoms with van der Waals surface area (Å²) >= 11 is 0. The molecule has 0 saturated carbocycles. The minimum absolute atomic E-state index is 0.740. The van der Waals surface area contributed by atoms with Crippen LogP contribution in [0, 0.1) is 13.8 Å². The highest BCUT2D eigenvalue weighted by molar-refractivity contribution is 5.42. The number of hydrogen-bond acceptors (Lipinski definition) is 5. The predicted molar refractivity (Wildman–Crippen MR) is 54.4 cm³/mol. The predicted octanol–water partition coefficient (Wildman–Crippen LogP) is -0.102. The van der Waals surface area contributed by atoms with Crippen LogP contribution in [-0.4, -0.2) is 41.4 Å². The summed E-state index contributed by atoms with van der Waals surface area (Å²) < 4.78 is 0. The van der Waals surface area contributed by atoms with Crippen molar-refractivity contribution in [3.05, 3.63) is 11.5 Å². The molecule has 5 nitrogen and oxygen atoms in total. The molecule has 0 spiro atoms. The van der Waals surface area contributed by atoms with Crippen molar-refractivity contribution in [1.29, 1.82) is 0 Å². The van der Waals surface area contributed by atoms with Gasteiger partial charge in [0.1, 0.15) is 11.5 Å². The molecule has 1 fully saturated rings. The van der Waals surface area contributed by atoms with Crippen molar-refractivity contribution in [2.75, 3.05) is 31.1 Å². The lowest BCUT2D eigenvalue weighted by molar-refractivity contribution is 0.580. The van der Waals surface area contributed by atoms with Gasteiger partial charge < -0.3 is 10.2 Å². The number of hydrogen-bond donors (Lipinski definition) is 1. The Morgan fingerprint density at radius 2 is 1.86 bits per heavy atom. The normalized spacial score (nSPS) is 17.1. The van der Waals surface area contributed by atoms with Crippen molar-refractivity contribution in [1.82, 2.24) is 20.5 Å². The summed E-state index contributed by atoms with van der Waals surface area (Å²) in [5.74, 6) is 1.73. The van der Waals surface area contributed by atoms with Crippen LogP contribution in [0.4, 0.5) is 5.82 Å². The number of piperazine rings is 1. The molecule has 14 heavy (non-hydrogen) atoms. The second-order valence-corrected chi connectivity index (χ2v) is 3.51. The zero-order valence-corrected chi connectivity index (χ0v) is 8.62. The van der Waals surface area contributed by atoms with E-state index in [1.54, 1.807) is 0 Å². The number of aryl methyl sites for hydroxylation is 2. The number of rotatable bonds is 1. The first-order valence-corrected chi connectivity index (χ1v) is 4.91. The molecule has 0 aromatic carbocycles. The van der Waals surface area contributed by atoms with Crippen molar-refractivity contribution in [3.63, 3.8) is 0 Å². The van der Waals surface area contributed by atoms with Gasteiger partial charge in [-0.15, -0.1) is 5.10 Å². The number of anilines is 1. The molecule has 1 aromatic rings. The summed E-state index contributed by atoms with van der Waals surface area (Å²) in [4.78, 5) is 6.68. The van der Waals surface area contributed by atoms with E-state index in [9.17, 15) is 0 Å². The van der Waals surface area contributed by atoms with E-state index >= 15 is 0 Å². The molecule has 1 aromatic heterocycles. The lowest BCUT2D eigenvalue weighted by Crippen LogP contribution is -2.44. The van der Waals surface area contributed by atoms with Gasteiger partial charge in [0.25, 0.3) is 0 Å². The molecule has 0 radical (unpaired) electrons. The first-order valence-electron chi connectivity index (χ1n) is 4.91. The van der Waals surface area contributed by atoms with Crippen molar-refractivity contribution >= 4 is 5.82 Å². The molecule has 76 valence electrons. The van der Waals surface area contributed by atoms with Crippen molar-refractivity contribution in [3.8, 4) is 0 Å². The topological polar surface area (TPSA) is 53.9 Å². The smallest absolute Gasteiger partial charge is 0.154 e.